The average molecular weight is 358 g/mol. The standard InChI is InChI=1S/C19H10N4O4/c20-11-13-1-5-15(6-2-13)26-18-10-9-17(23(24)25)19(22-18)27-16-7-3-14(12-21)4-8-16/h1-10H. The van der Waals surface area contributed by atoms with Gasteiger partial charge in [-0.25, -0.2) is 0 Å². The number of pyridine rings is 1. The van der Waals surface area contributed by atoms with Gasteiger partial charge in [0, 0.05) is 12.1 Å². The zero-order valence-electron chi connectivity index (χ0n) is 13.7. The van der Waals surface area contributed by atoms with Gasteiger partial charge in [0.2, 0.25) is 5.88 Å². The summed E-state index contributed by atoms with van der Waals surface area (Å²) in [5, 5.41) is 28.9. The smallest absolute Gasteiger partial charge is 0.331 e. The molecule has 0 radical (unpaired) electrons. The van der Waals surface area contributed by atoms with Crippen molar-refractivity contribution in [3.8, 4) is 35.4 Å². The Labute approximate surface area is 153 Å². The second-order valence-electron chi connectivity index (χ2n) is 5.21. The van der Waals surface area contributed by atoms with Gasteiger partial charge in [0.25, 0.3) is 0 Å². The van der Waals surface area contributed by atoms with Gasteiger partial charge in [-0.1, -0.05) is 0 Å². The van der Waals surface area contributed by atoms with Crippen molar-refractivity contribution in [2.45, 2.75) is 0 Å². The van der Waals surface area contributed by atoms with E-state index >= 15 is 0 Å². The number of hydrogen-bond donors (Lipinski definition) is 0. The third-order valence-corrected chi connectivity index (χ3v) is 3.42. The molecule has 0 N–H and O–H groups in total. The molecule has 0 fully saturated rings. The molecule has 0 saturated heterocycles. The van der Waals surface area contributed by atoms with Crippen LogP contribution in [0.1, 0.15) is 11.1 Å². The molecule has 1 aromatic heterocycles. The van der Waals surface area contributed by atoms with Crippen LogP contribution in [-0.4, -0.2) is 9.91 Å². The number of hydrogen-bond acceptors (Lipinski definition) is 7. The van der Waals surface area contributed by atoms with Crippen molar-refractivity contribution in [1.82, 2.24) is 4.98 Å². The van der Waals surface area contributed by atoms with Crippen molar-refractivity contribution < 1.29 is 14.4 Å². The van der Waals surface area contributed by atoms with Gasteiger partial charge in [0.15, 0.2) is 0 Å². The van der Waals surface area contributed by atoms with Crippen LogP contribution in [0.25, 0.3) is 0 Å². The summed E-state index contributed by atoms with van der Waals surface area (Å²) in [6.07, 6.45) is 0. The number of nitriles is 2. The number of nitro groups is 1. The van der Waals surface area contributed by atoms with Gasteiger partial charge >= 0.3 is 11.6 Å². The first kappa shape index (κ1) is 17.4. The molecule has 1 heterocycles. The molecule has 0 aliphatic heterocycles. The van der Waals surface area contributed by atoms with Crippen LogP contribution >= 0.6 is 0 Å². The SMILES string of the molecule is N#Cc1ccc(Oc2ccc([N+](=O)[O-])c(Oc3ccc(C#N)cc3)n2)cc1. The van der Waals surface area contributed by atoms with Gasteiger partial charge in [-0.05, 0) is 48.5 Å². The largest absolute Gasteiger partial charge is 0.439 e. The highest BCUT2D eigenvalue weighted by molar-refractivity contribution is 5.47. The first-order chi connectivity index (χ1) is 13.1. The molecule has 0 bridgehead atoms. The summed E-state index contributed by atoms with van der Waals surface area (Å²) in [5.74, 6) is 0.560. The summed E-state index contributed by atoms with van der Waals surface area (Å²) in [5.41, 5.74) is 0.582. The Morgan fingerprint density at radius 1 is 0.815 bits per heavy atom. The zero-order chi connectivity index (χ0) is 19.2. The summed E-state index contributed by atoms with van der Waals surface area (Å²) in [6, 6.07) is 19.0. The van der Waals surface area contributed by atoms with E-state index in [0.717, 1.165) is 0 Å². The lowest BCUT2D eigenvalue weighted by atomic mass is 10.2. The van der Waals surface area contributed by atoms with Crippen molar-refractivity contribution in [2.75, 3.05) is 0 Å². The topological polar surface area (TPSA) is 122 Å². The summed E-state index contributed by atoms with van der Waals surface area (Å²) in [4.78, 5) is 14.7. The minimum absolute atomic E-state index is 0.0916. The number of benzene rings is 2. The van der Waals surface area contributed by atoms with Crippen molar-refractivity contribution in [1.29, 1.82) is 10.5 Å². The molecule has 2 aromatic carbocycles. The molecule has 0 aliphatic carbocycles. The summed E-state index contributed by atoms with van der Waals surface area (Å²) < 4.78 is 11.1. The Hall–Kier alpha value is -4.43. The van der Waals surface area contributed by atoms with E-state index in [4.69, 9.17) is 20.0 Å². The molecule has 0 saturated carbocycles. The number of ether oxygens (including phenoxy) is 2. The Morgan fingerprint density at radius 2 is 1.33 bits per heavy atom. The van der Waals surface area contributed by atoms with Crippen molar-refractivity contribution in [2.24, 2.45) is 0 Å². The highest BCUT2D eigenvalue weighted by Crippen LogP contribution is 2.32. The Morgan fingerprint density at radius 3 is 1.81 bits per heavy atom. The lowest BCUT2D eigenvalue weighted by Gasteiger charge is -2.08. The number of nitrogens with zero attached hydrogens (tertiary/aromatic N) is 4. The van der Waals surface area contributed by atoms with Crippen molar-refractivity contribution >= 4 is 5.69 Å². The van der Waals surface area contributed by atoms with E-state index in [9.17, 15) is 10.1 Å². The molecule has 0 aliphatic rings. The van der Waals surface area contributed by atoms with Gasteiger partial charge in [0.1, 0.15) is 11.5 Å². The van der Waals surface area contributed by atoms with Crippen LogP contribution in [-0.2, 0) is 0 Å². The fourth-order valence-electron chi connectivity index (χ4n) is 2.11. The molecule has 3 rings (SSSR count). The highest BCUT2D eigenvalue weighted by Gasteiger charge is 2.19. The fourth-order valence-corrected chi connectivity index (χ4v) is 2.11. The van der Waals surface area contributed by atoms with Crippen LogP contribution in [0.4, 0.5) is 5.69 Å². The maximum absolute atomic E-state index is 11.2. The molecule has 0 amide bonds. The van der Waals surface area contributed by atoms with E-state index in [1.807, 2.05) is 12.1 Å². The van der Waals surface area contributed by atoms with Crippen LogP contribution in [0.3, 0.4) is 0 Å². The van der Waals surface area contributed by atoms with Gasteiger partial charge in [-0.2, -0.15) is 15.5 Å². The molecule has 0 spiro atoms. The van der Waals surface area contributed by atoms with Crippen molar-refractivity contribution in [3.05, 3.63) is 81.9 Å². The third-order valence-electron chi connectivity index (χ3n) is 3.42. The Kier molecular flexibility index (Phi) is 4.92. The van der Waals surface area contributed by atoms with Gasteiger partial charge in [-0.15, -0.1) is 0 Å². The third kappa shape index (κ3) is 4.16. The predicted molar refractivity (Wildman–Crippen MR) is 93.4 cm³/mol. The predicted octanol–water partition coefficient (Wildman–Crippen LogP) is 4.32. The normalized spacial score (nSPS) is 9.70. The number of rotatable bonds is 5. The molecule has 130 valence electrons. The summed E-state index contributed by atoms with van der Waals surface area (Å²) in [6.45, 7) is 0. The van der Waals surface area contributed by atoms with Gasteiger partial charge < -0.3 is 9.47 Å². The van der Waals surface area contributed by atoms with Crippen LogP contribution in [0.2, 0.25) is 0 Å². The van der Waals surface area contributed by atoms with E-state index in [-0.39, 0.29) is 17.4 Å². The maximum atomic E-state index is 11.2. The highest BCUT2D eigenvalue weighted by atomic mass is 16.6. The first-order valence-corrected chi connectivity index (χ1v) is 7.60. The molecule has 8 heteroatoms. The van der Waals surface area contributed by atoms with E-state index in [0.29, 0.717) is 22.6 Å². The second-order valence-corrected chi connectivity index (χ2v) is 5.21. The lowest BCUT2D eigenvalue weighted by Crippen LogP contribution is -1.98. The van der Waals surface area contributed by atoms with Crippen LogP contribution in [0.5, 0.6) is 23.3 Å². The minimum atomic E-state index is -0.614. The van der Waals surface area contributed by atoms with E-state index in [1.54, 1.807) is 24.3 Å². The molecular weight excluding hydrogens is 348 g/mol. The zero-order valence-corrected chi connectivity index (χ0v) is 13.7. The maximum Gasteiger partial charge on any atom is 0.331 e. The second kappa shape index (κ2) is 7.64. The van der Waals surface area contributed by atoms with E-state index < -0.39 is 4.92 Å². The Bertz CT molecular complexity index is 1060. The van der Waals surface area contributed by atoms with E-state index in [2.05, 4.69) is 4.98 Å². The molecule has 3 aromatic rings. The van der Waals surface area contributed by atoms with Crippen molar-refractivity contribution in [3.63, 3.8) is 0 Å². The van der Waals surface area contributed by atoms with Gasteiger partial charge in [-0.3, -0.25) is 10.1 Å². The van der Waals surface area contributed by atoms with Crippen LogP contribution < -0.4 is 9.47 Å². The molecule has 27 heavy (non-hydrogen) atoms. The average Bonchev–Trinajstić information content (AvgIpc) is 2.69. The van der Waals surface area contributed by atoms with Gasteiger partial charge in [0.05, 0.1) is 28.2 Å². The molecule has 0 atom stereocenters. The van der Waals surface area contributed by atoms with Crippen LogP contribution in [0, 0.1) is 32.8 Å². The van der Waals surface area contributed by atoms with E-state index in [1.165, 1.54) is 36.4 Å². The first-order valence-electron chi connectivity index (χ1n) is 7.60. The molecular formula is C19H10N4O4. The summed E-state index contributed by atoms with van der Waals surface area (Å²) in [7, 11) is 0. The quantitative estimate of drug-likeness (QED) is 0.491. The fraction of sp³-hybridized carbons (Fsp3) is 0. The molecule has 0 unspecified atom stereocenters. The Balaban J connectivity index is 1.88. The minimum Gasteiger partial charge on any atom is -0.439 e. The summed E-state index contributed by atoms with van der Waals surface area (Å²) >= 11 is 0. The van der Waals surface area contributed by atoms with Crippen LogP contribution in [0.15, 0.2) is 60.7 Å². The number of aromatic nitrogens is 1. The lowest BCUT2D eigenvalue weighted by molar-refractivity contribution is -0.386. The monoisotopic (exact) mass is 358 g/mol. The molecule has 8 nitrogen and oxygen atoms in total.